The number of amides is 1. The number of methoxy groups -OCH3 is 1. The van der Waals surface area contributed by atoms with Gasteiger partial charge in [-0.1, -0.05) is 24.3 Å². The molecule has 0 radical (unpaired) electrons. The summed E-state index contributed by atoms with van der Waals surface area (Å²) in [5, 5.41) is 15.5. The van der Waals surface area contributed by atoms with Crippen LogP contribution in [0.15, 0.2) is 48.5 Å². The van der Waals surface area contributed by atoms with Crippen molar-refractivity contribution in [3.05, 3.63) is 86.7 Å². The van der Waals surface area contributed by atoms with Crippen molar-refractivity contribution in [2.24, 2.45) is 0 Å². The lowest BCUT2D eigenvalue weighted by molar-refractivity contribution is -0.386. The van der Waals surface area contributed by atoms with Gasteiger partial charge in [0.05, 0.1) is 24.6 Å². The second kappa shape index (κ2) is 8.82. The number of ether oxygens (including phenoxy) is 1. The van der Waals surface area contributed by atoms with Crippen molar-refractivity contribution >= 4 is 11.6 Å². The smallest absolute Gasteiger partial charge is 0.312 e. The van der Waals surface area contributed by atoms with Crippen LogP contribution in [0.1, 0.15) is 51.8 Å². The fourth-order valence-corrected chi connectivity index (χ4v) is 4.38. The lowest BCUT2D eigenvalue weighted by Gasteiger charge is -2.25. The molecule has 0 N–H and O–H groups in total. The molecule has 1 unspecified atom stereocenters. The zero-order chi connectivity index (χ0) is 22.8. The van der Waals surface area contributed by atoms with Gasteiger partial charge in [-0.15, -0.1) is 0 Å². The standard InChI is InChI=1S/C24H26N4O4/c1-16-23(28(30)31)17(2)27(25-16)15-18-6-8-20(9-7-18)24(29)26-14-4-5-22(26)19-10-12-21(32-3)13-11-19/h6-13,22H,4-5,14-15H2,1-3H3. The second-order valence-electron chi connectivity index (χ2n) is 8.06. The molecule has 1 aliphatic heterocycles. The maximum atomic E-state index is 13.2. The molecular weight excluding hydrogens is 408 g/mol. The number of likely N-dealkylation sites (tertiary alicyclic amines) is 1. The SMILES string of the molecule is COc1ccc(C2CCCN2C(=O)c2ccc(Cn3nc(C)c([N+](=O)[O-])c3C)cc2)cc1. The topological polar surface area (TPSA) is 90.5 Å². The van der Waals surface area contributed by atoms with Gasteiger partial charge in [0, 0.05) is 12.1 Å². The number of aryl methyl sites for hydroxylation is 1. The fraction of sp³-hybridized carbons (Fsp3) is 0.333. The molecule has 1 atom stereocenters. The number of hydrogen-bond acceptors (Lipinski definition) is 5. The minimum atomic E-state index is -0.398. The molecule has 0 aliphatic carbocycles. The number of hydrogen-bond donors (Lipinski definition) is 0. The molecule has 1 aromatic heterocycles. The predicted molar refractivity (Wildman–Crippen MR) is 120 cm³/mol. The molecule has 3 aromatic rings. The molecule has 2 heterocycles. The number of nitro groups is 1. The van der Waals surface area contributed by atoms with Crippen molar-refractivity contribution in [3.63, 3.8) is 0 Å². The summed E-state index contributed by atoms with van der Waals surface area (Å²) in [5.41, 5.74) is 3.64. The van der Waals surface area contributed by atoms with E-state index in [0.717, 1.165) is 36.3 Å². The summed E-state index contributed by atoms with van der Waals surface area (Å²) in [5.74, 6) is 0.810. The molecule has 8 nitrogen and oxygen atoms in total. The van der Waals surface area contributed by atoms with Gasteiger partial charge in [0.2, 0.25) is 0 Å². The molecule has 1 aliphatic rings. The van der Waals surface area contributed by atoms with Gasteiger partial charge in [-0.2, -0.15) is 5.10 Å². The summed E-state index contributed by atoms with van der Waals surface area (Å²) in [6, 6.07) is 15.4. The number of aromatic nitrogens is 2. The summed E-state index contributed by atoms with van der Waals surface area (Å²) < 4.78 is 6.87. The van der Waals surface area contributed by atoms with Crippen LogP contribution < -0.4 is 4.74 Å². The molecular formula is C24H26N4O4. The summed E-state index contributed by atoms with van der Waals surface area (Å²) in [6.45, 7) is 4.47. The normalized spacial score (nSPS) is 15.7. The molecule has 0 bridgehead atoms. The predicted octanol–water partition coefficient (Wildman–Crippen LogP) is 4.44. The number of rotatable bonds is 6. The number of carbonyl (C=O) groups excluding carboxylic acids is 1. The first-order valence-electron chi connectivity index (χ1n) is 10.6. The monoisotopic (exact) mass is 434 g/mol. The van der Waals surface area contributed by atoms with Gasteiger partial charge >= 0.3 is 5.69 Å². The van der Waals surface area contributed by atoms with Crippen molar-refractivity contribution in [3.8, 4) is 5.75 Å². The van der Waals surface area contributed by atoms with Crippen LogP contribution in [0.25, 0.3) is 0 Å². The first kappa shape index (κ1) is 21.5. The van der Waals surface area contributed by atoms with Crippen molar-refractivity contribution in [1.82, 2.24) is 14.7 Å². The Bertz CT molecular complexity index is 1140. The van der Waals surface area contributed by atoms with E-state index >= 15 is 0 Å². The van der Waals surface area contributed by atoms with Crippen LogP contribution in [0.3, 0.4) is 0 Å². The van der Waals surface area contributed by atoms with Crippen LogP contribution in [0, 0.1) is 24.0 Å². The molecule has 166 valence electrons. The highest BCUT2D eigenvalue weighted by molar-refractivity contribution is 5.94. The highest BCUT2D eigenvalue weighted by atomic mass is 16.6. The van der Waals surface area contributed by atoms with Crippen LogP contribution in [0.2, 0.25) is 0 Å². The Morgan fingerprint density at radius 3 is 2.44 bits per heavy atom. The van der Waals surface area contributed by atoms with Gasteiger partial charge < -0.3 is 9.64 Å². The maximum absolute atomic E-state index is 13.2. The van der Waals surface area contributed by atoms with Crippen LogP contribution in [0.4, 0.5) is 5.69 Å². The third-order valence-corrected chi connectivity index (χ3v) is 6.07. The van der Waals surface area contributed by atoms with E-state index in [0.29, 0.717) is 23.5 Å². The average Bonchev–Trinajstić information content (AvgIpc) is 3.38. The van der Waals surface area contributed by atoms with Crippen LogP contribution in [0.5, 0.6) is 5.75 Å². The van der Waals surface area contributed by atoms with E-state index in [4.69, 9.17) is 4.74 Å². The van der Waals surface area contributed by atoms with Crippen molar-refractivity contribution in [2.45, 2.75) is 39.3 Å². The third-order valence-electron chi connectivity index (χ3n) is 6.07. The molecule has 4 rings (SSSR count). The van der Waals surface area contributed by atoms with Gasteiger partial charge in [-0.3, -0.25) is 19.6 Å². The van der Waals surface area contributed by atoms with Crippen molar-refractivity contribution in [2.75, 3.05) is 13.7 Å². The van der Waals surface area contributed by atoms with Crippen molar-refractivity contribution in [1.29, 1.82) is 0 Å². The molecule has 0 saturated carbocycles. The Balaban J connectivity index is 1.49. The van der Waals surface area contributed by atoms with Gasteiger partial charge in [-0.25, -0.2) is 0 Å². The number of benzene rings is 2. The Hall–Kier alpha value is -3.68. The van der Waals surface area contributed by atoms with Gasteiger partial charge in [0.1, 0.15) is 17.1 Å². The van der Waals surface area contributed by atoms with Crippen LogP contribution >= 0.6 is 0 Å². The summed E-state index contributed by atoms with van der Waals surface area (Å²) in [7, 11) is 1.64. The summed E-state index contributed by atoms with van der Waals surface area (Å²) in [4.78, 5) is 26.0. The summed E-state index contributed by atoms with van der Waals surface area (Å²) >= 11 is 0. The number of carbonyl (C=O) groups is 1. The Labute approximate surface area is 186 Å². The van der Waals surface area contributed by atoms with Crippen LogP contribution in [-0.2, 0) is 6.54 Å². The Morgan fingerprint density at radius 2 is 1.84 bits per heavy atom. The Morgan fingerprint density at radius 1 is 1.16 bits per heavy atom. The second-order valence-corrected chi connectivity index (χ2v) is 8.06. The molecule has 1 amide bonds. The molecule has 8 heteroatoms. The zero-order valence-electron chi connectivity index (χ0n) is 18.4. The van der Waals surface area contributed by atoms with E-state index in [1.165, 1.54) is 0 Å². The molecule has 0 spiro atoms. The highest BCUT2D eigenvalue weighted by Gasteiger charge is 2.30. The minimum Gasteiger partial charge on any atom is -0.497 e. The average molecular weight is 434 g/mol. The van der Waals surface area contributed by atoms with Crippen LogP contribution in [-0.4, -0.2) is 39.2 Å². The Kier molecular flexibility index (Phi) is 5.94. The lowest BCUT2D eigenvalue weighted by Crippen LogP contribution is -2.30. The van der Waals surface area contributed by atoms with E-state index in [9.17, 15) is 14.9 Å². The van der Waals surface area contributed by atoms with E-state index in [-0.39, 0.29) is 17.6 Å². The van der Waals surface area contributed by atoms with Gasteiger partial charge in [-0.05, 0) is 62.1 Å². The molecule has 1 saturated heterocycles. The number of nitrogens with zero attached hydrogens (tertiary/aromatic N) is 4. The first-order chi connectivity index (χ1) is 15.4. The minimum absolute atomic E-state index is 0.0108. The van der Waals surface area contributed by atoms with Gasteiger partial charge in [0.25, 0.3) is 5.91 Å². The lowest BCUT2D eigenvalue weighted by atomic mass is 10.0. The van der Waals surface area contributed by atoms with E-state index in [2.05, 4.69) is 5.10 Å². The first-order valence-corrected chi connectivity index (χ1v) is 10.6. The maximum Gasteiger partial charge on any atom is 0.312 e. The largest absolute Gasteiger partial charge is 0.497 e. The fourth-order valence-electron chi connectivity index (χ4n) is 4.38. The van der Waals surface area contributed by atoms with Crippen molar-refractivity contribution < 1.29 is 14.5 Å². The van der Waals surface area contributed by atoms with E-state index in [1.54, 1.807) is 25.6 Å². The zero-order valence-corrected chi connectivity index (χ0v) is 18.4. The molecule has 2 aromatic carbocycles. The third kappa shape index (κ3) is 4.08. The van der Waals surface area contributed by atoms with E-state index < -0.39 is 4.92 Å². The van der Waals surface area contributed by atoms with E-state index in [1.807, 2.05) is 53.4 Å². The molecule has 32 heavy (non-hydrogen) atoms. The molecule has 1 fully saturated rings. The highest BCUT2D eigenvalue weighted by Crippen LogP contribution is 2.34. The summed E-state index contributed by atoms with van der Waals surface area (Å²) in [6.07, 6.45) is 1.91. The quantitative estimate of drug-likeness (QED) is 0.422. The van der Waals surface area contributed by atoms with Gasteiger partial charge in [0.15, 0.2) is 0 Å².